The first-order valence-electron chi connectivity index (χ1n) is 9.45. The van der Waals surface area contributed by atoms with Crippen LogP contribution >= 0.6 is 0 Å². The Kier molecular flexibility index (Phi) is 4.94. The van der Waals surface area contributed by atoms with Crippen molar-refractivity contribution in [3.8, 4) is 11.3 Å². The normalized spacial score (nSPS) is 16.5. The van der Waals surface area contributed by atoms with Gasteiger partial charge >= 0.3 is 0 Å². The Labute approximate surface area is 163 Å². The summed E-state index contributed by atoms with van der Waals surface area (Å²) in [6.07, 6.45) is 1.71. The van der Waals surface area contributed by atoms with Crippen molar-refractivity contribution in [2.75, 3.05) is 13.1 Å². The Balaban J connectivity index is 1.45. The van der Waals surface area contributed by atoms with E-state index in [-0.39, 0.29) is 11.7 Å². The van der Waals surface area contributed by atoms with Gasteiger partial charge in [0.1, 0.15) is 11.6 Å². The van der Waals surface area contributed by atoms with Gasteiger partial charge in [-0.1, -0.05) is 17.3 Å². The van der Waals surface area contributed by atoms with Crippen molar-refractivity contribution in [2.45, 2.75) is 26.7 Å². The van der Waals surface area contributed by atoms with Crippen LogP contribution in [0, 0.1) is 25.6 Å². The number of aromatic nitrogens is 2. The molecule has 144 valence electrons. The first-order valence-corrected chi connectivity index (χ1v) is 9.45. The average molecular weight is 379 g/mol. The van der Waals surface area contributed by atoms with Gasteiger partial charge in [0.2, 0.25) is 0 Å². The second-order valence-electron chi connectivity index (χ2n) is 7.33. The van der Waals surface area contributed by atoms with Crippen molar-refractivity contribution in [3.63, 3.8) is 0 Å². The molecule has 5 nitrogen and oxygen atoms in total. The molecule has 0 bridgehead atoms. The number of rotatable bonds is 4. The monoisotopic (exact) mass is 379 g/mol. The number of hydrogen-bond donors (Lipinski definition) is 0. The van der Waals surface area contributed by atoms with E-state index in [2.05, 4.69) is 5.16 Å². The molecule has 2 aromatic heterocycles. The summed E-state index contributed by atoms with van der Waals surface area (Å²) >= 11 is 0. The van der Waals surface area contributed by atoms with E-state index < -0.39 is 0 Å². The number of carbonyl (C=O) groups excluding carboxylic acids is 1. The van der Waals surface area contributed by atoms with Gasteiger partial charge in [-0.2, -0.15) is 0 Å². The van der Waals surface area contributed by atoms with E-state index >= 15 is 0 Å². The SMILES string of the molecule is Cc1noc(C)c1-c1cccc(CC2CCN(C(=O)c3cccc(F)c3)C2)n1. The number of halogens is 1. The van der Waals surface area contributed by atoms with Crippen LogP contribution in [0.1, 0.15) is 33.9 Å². The fraction of sp³-hybridized carbons (Fsp3) is 0.318. The van der Waals surface area contributed by atoms with Gasteiger partial charge in [0, 0.05) is 24.3 Å². The third kappa shape index (κ3) is 3.67. The summed E-state index contributed by atoms with van der Waals surface area (Å²) in [5.41, 5.74) is 4.02. The highest BCUT2D eigenvalue weighted by atomic mass is 19.1. The fourth-order valence-corrected chi connectivity index (χ4v) is 3.86. The number of aryl methyl sites for hydroxylation is 2. The first kappa shape index (κ1) is 18.3. The zero-order valence-electron chi connectivity index (χ0n) is 16.0. The summed E-state index contributed by atoms with van der Waals surface area (Å²) in [7, 11) is 0. The van der Waals surface area contributed by atoms with E-state index in [0.717, 1.165) is 41.2 Å². The van der Waals surface area contributed by atoms with E-state index in [0.29, 0.717) is 24.6 Å². The Morgan fingerprint density at radius 3 is 2.82 bits per heavy atom. The van der Waals surface area contributed by atoms with Crippen LogP contribution in [0.3, 0.4) is 0 Å². The number of pyridine rings is 1. The number of carbonyl (C=O) groups is 1. The molecule has 1 amide bonds. The fourth-order valence-electron chi connectivity index (χ4n) is 3.86. The second kappa shape index (κ2) is 7.54. The van der Waals surface area contributed by atoms with Crippen molar-refractivity contribution < 1.29 is 13.7 Å². The number of likely N-dealkylation sites (tertiary alicyclic amines) is 1. The van der Waals surface area contributed by atoms with E-state index in [1.807, 2.05) is 32.0 Å². The van der Waals surface area contributed by atoms with Crippen LogP contribution in [0.2, 0.25) is 0 Å². The zero-order valence-corrected chi connectivity index (χ0v) is 16.0. The van der Waals surface area contributed by atoms with E-state index in [9.17, 15) is 9.18 Å². The summed E-state index contributed by atoms with van der Waals surface area (Å²) < 4.78 is 18.7. The van der Waals surface area contributed by atoms with E-state index in [1.54, 1.807) is 17.0 Å². The van der Waals surface area contributed by atoms with Gasteiger partial charge in [-0.05, 0) is 62.9 Å². The van der Waals surface area contributed by atoms with Crippen molar-refractivity contribution in [2.24, 2.45) is 5.92 Å². The third-order valence-corrected chi connectivity index (χ3v) is 5.24. The lowest BCUT2D eigenvalue weighted by Crippen LogP contribution is -2.29. The summed E-state index contributed by atoms with van der Waals surface area (Å²) in [5.74, 6) is 0.598. The van der Waals surface area contributed by atoms with Crippen molar-refractivity contribution in [3.05, 3.63) is 71.0 Å². The third-order valence-electron chi connectivity index (χ3n) is 5.24. The molecule has 0 spiro atoms. The minimum atomic E-state index is -0.387. The molecule has 4 rings (SSSR count). The maximum absolute atomic E-state index is 13.4. The lowest BCUT2D eigenvalue weighted by atomic mass is 10.0. The molecule has 3 heterocycles. The second-order valence-corrected chi connectivity index (χ2v) is 7.33. The molecule has 6 heteroatoms. The molecule has 1 fully saturated rings. The number of benzene rings is 1. The molecule has 0 saturated carbocycles. The average Bonchev–Trinajstić information content (AvgIpc) is 3.28. The van der Waals surface area contributed by atoms with Crippen LogP contribution in [0.4, 0.5) is 4.39 Å². The highest BCUT2D eigenvalue weighted by molar-refractivity contribution is 5.94. The van der Waals surface area contributed by atoms with Crippen LogP contribution in [0.25, 0.3) is 11.3 Å². The molecular weight excluding hydrogens is 357 g/mol. The molecule has 1 atom stereocenters. The van der Waals surface area contributed by atoms with Crippen molar-refractivity contribution >= 4 is 5.91 Å². The first-order chi connectivity index (χ1) is 13.5. The molecule has 1 aliphatic rings. The van der Waals surface area contributed by atoms with Gasteiger partial charge < -0.3 is 9.42 Å². The Hall–Kier alpha value is -3.02. The molecule has 0 aliphatic carbocycles. The van der Waals surface area contributed by atoms with Crippen LogP contribution in [0.15, 0.2) is 47.0 Å². The summed E-state index contributed by atoms with van der Waals surface area (Å²) in [6.45, 7) is 5.14. The lowest BCUT2D eigenvalue weighted by molar-refractivity contribution is 0.0786. The maximum Gasteiger partial charge on any atom is 0.253 e. The van der Waals surface area contributed by atoms with Gasteiger partial charge in [-0.15, -0.1) is 0 Å². The minimum Gasteiger partial charge on any atom is -0.361 e. The predicted molar refractivity (Wildman–Crippen MR) is 103 cm³/mol. The molecule has 1 saturated heterocycles. The number of hydrogen-bond acceptors (Lipinski definition) is 4. The van der Waals surface area contributed by atoms with Gasteiger partial charge in [0.25, 0.3) is 5.91 Å². The van der Waals surface area contributed by atoms with Crippen LogP contribution in [-0.4, -0.2) is 34.0 Å². The van der Waals surface area contributed by atoms with Gasteiger partial charge in [-0.3, -0.25) is 9.78 Å². The predicted octanol–water partition coefficient (Wildman–Crippen LogP) is 4.20. The summed E-state index contributed by atoms with van der Waals surface area (Å²) in [5, 5.41) is 4.00. The largest absolute Gasteiger partial charge is 0.361 e. The van der Waals surface area contributed by atoms with Gasteiger partial charge in [0.05, 0.1) is 17.0 Å². The minimum absolute atomic E-state index is 0.112. The van der Waals surface area contributed by atoms with Crippen molar-refractivity contribution in [1.82, 2.24) is 15.0 Å². The summed E-state index contributed by atoms with van der Waals surface area (Å²) in [6, 6.07) is 11.8. The van der Waals surface area contributed by atoms with Crippen LogP contribution in [-0.2, 0) is 6.42 Å². The zero-order chi connectivity index (χ0) is 19.7. The quantitative estimate of drug-likeness (QED) is 0.682. The van der Waals surface area contributed by atoms with Crippen LogP contribution < -0.4 is 0 Å². The smallest absolute Gasteiger partial charge is 0.253 e. The molecule has 1 aliphatic heterocycles. The summed E-state index contributed by atoms with van der Waals surface area (Å²) in [4.78, 5) is 19.2. The topological polar surface area (TPSA) is 59.2 Å². The van der Waals surface area contributed by atoms with Gasteiger partial charge in [-0.25, -0.2) is 4.39 Å². The van der Waals surface area contributed by atoms with E-state index in [1.165, 1.54) is 12.1 Å². The molecule has 1 unspecified atom stereocenters. The van der Waals surface area contributed by atoms with Crippen molar-refractivity contribution in [1.29, 1.82) is 0 Å². The maximum atomic E-state index is 13.4. The molecule has 28 heavy (non-hydrogen) atoms. The molecule has 0 N–H and O–H groups in total. The molecule has 1 aromatic carbocycles. The molecule has 0 radical (unpaired) electrons. The van der Waals surface area contributed by atoms with Gasteiger partial charge in [0.15, 0.2) is 0 Å². The number of amides is 1. The molecular formula is C22H22FN3O2. The Morgan fingerprint density at radius 2 is 2.07 bits per heavy atom. The van der Waals surface area contributed by atoms with E-state index in [4.69, 9.17) is 9.51 Å². The number of nitrogens with zero attached hydrogens (tertiary/aromatic N) is 3. The van der Waals surface area contributed by atoms with Crippen LogP contribution in [0.5, 0.6) is 0 Å². The Morgan fingerprint density at radius 1 is 1.25 bits per heavy atom. The lowest BCUT2D eigenvalue weighted by Gasteiger charge is -2.16. The molecule has 3 aromatic rings. The highest BCUT2D eigenvalue weighted by Gasteiger charge is 2.27. The highest BCUT2D eigenvalue weighted by Crippen LogP contribution is 2.27. The Bertz CT molecular complexity index is 995. The standard InChI is InChI=1S/C22H22FN3O2/c1-14-21(15(2)28-25-14)20-8-4-7-19(24-20)11-16-9-10-26(13-16)22(27)17-5-3-6-18(23)12-17/h3-8,12,16H,9-11,13H2,1-2H3.